The normalized spacial score (nSPS) is 18.4. The van der Waals surface area contributed by atoms with Crippen molar-refractivity contribution < 1.29 is 18.0 Å². The van der Waals surface area contributed by atoms with E-state index in [0.29, 0.717) is 11.3 Å². The number of carbonyl (C=O) groups excluding carboxylic acids is 2. The van der Waals surface area contributed by atoms with Gasteiger partial charge in [0.25, 0.3) is 5.91 Å². The molecule has 0 aliphatic carbocycles. The predicted octanol–water partition coefficient (Wildman–Crippen LogP) is 2.32. The molecule has 1 N–H and O–H groups in total. The summed E-state index contributed by atoms with van der Waals surface area (Å²) < 4.78 is 25.1. The van der Waals surface area contributed by atoms with Crippen LogP contribution in [-0.4, -0.2) is 40.1 Å². The van der Waals surface area contributed by atoms with Crippen molar-refractivity contribution in [3.63, 3.8) is 0 Å². The molecule has 0 saturated carbocycles. The van der Waals surface area contributed by atoms with Gasteiger partial charge in [0.05, 0.1) is 17.4 Å². The van der Waals surface area contributed by atoms with Gasteiger partial charge in [-0.2, -0.15) is 0 Å². The smallest absolute Gasteiger partial charge is 0.255 e. The molecule has 0 bridgehead atoms. The Labute approximate surface area is 158 Å². The standard InChI is InChI=1S/C19H21N3O4S/c1-13-12-27(25,26)22(19(13)24)17-8-4-14(5-9-17)18(23)20-15-6-10-16(11-7-15)21(2)3/h4-11,13H,12H2,1-3H3,(H,20,23). The van der Waals surface area contributed by atoms with Gasteiger partial charge in [-0.15, -0.1) is 0 Å². The van der Waals surface area contributed by atoms with Crippen LogP contribution >= 0.6 is 0 Å². The van der Waals surface area contributed by atoms with Crippen LogP contribution < -0.4 is 14.5 Å². The van der Waals surface area contributed by atoms with E-state index in [4.69, 9.17) is 0 Å². The summed E-state index contributed by atoms with van der Waals surface area (Å²) in [6, 6.07) is 13.3. The fraction of sp³-hybridized carbons (Fsp3) is 0.263. The number of benzene rings is 2. The summed E-state index contributed by atoms with van der Waals surface area (Å²) in [5.74, 6) is -1.53. The van der Waals surface area contributed by atoms with Crippen molar-refractivity contribution in [2.45, 2.75) is 6.92 Å². The van der Waals surface area contributed by atoms with Crippen molar-refractivity contribution in [1.82, 2.24) is 0 Å². The number of nitrogens with one attached hydrogen (secondary N) is 1. The zero-order chi connectivity index (χ0) is 19.8. The highest BCUT2D eigenvalue weighted by molar-refractivity contribution is 7.94. The van der Waals surface area contributed by atoms with E-state index in [0.717, 1.165) is 9.99 Å². The highest BCUT2D eigenvalue weighted by Gasteiger charge is 2.41. The van der Waals surface area contributed by atoms with E-state index in [1.165, 1.54) is 24.3 Å². The number of anilines is 3. The van der Waals surface area contributed by atoms with Gasteiger partial charge < -0.3 is 10.2 Å². The third-order valence-electron chi connectivity index (χ3n) is 4.37. The van der Waals surface area contributed by atoms with Gasteiger partial charge in [0, 0.05) is 31.0 Å². The molecule has 142 valence electrons. The van der Waals surface area contributed by atoms with Crippen molar-refractivity contribution in [3.8, 4) is 0 Å². The Hall–Kier alpha value is -2.87. The van der Waals surface area contributed by atoms with E-state index in [1.54, 1.807) is 19.1 Å². The maximum Gasteiger partial charge on any atom is 0.255 e. The minimum atomic E-state index is -3.65. The van der Waals surface area contributed by atoms with Crippen molar-refractivity contribution in [1.29, 1.82) is 0 Å². The minimum Gasteiger partial charge on any atom is -0.378 e. The van der Waals surface area contributed by atoms with Gasteiger partial charge in [0.15, 0.2) is 0 Å². The van der Waals surface area contributed by atoms with Crippen LogP contribution in [0.1, 0.15) is 17.3 Å². The van der Waals surface area contributed by atoms with Crippen LogP contribution in [0, 0.1) is 5.92 Å². The molecule has 1 saturated heterocycles. The number of hydrogen-bond donors (Lipinski definition) is 1. The van der Waals surface area contributed by atoms with Crippen LogP contribution in [0.15, 0.2) is 48.5 Å². The monoisotopic (exact) mass is 387 g/mol. The van der Waals surface area contributed by atoms with Crippen molar-refractivity contribution in [3.05, 3.63) is 54.1 Å². The van der Waals surface area contributed by atoms with Crippen molar-refractivity contribution >= 4 is 38.9 Å². The zero-order valence-corrected chi connectivity index (χ0v) is 16.2. The second-order valence-corrected chi connectivity index (χ2v) is 8.59. The lowest BCUT2D eigenvalue weighted by Crippen LogP contribution is -2.30. The molecule has 3 rings (SSSR count). The van der Waals surface area contributed by atoms with Crippen LogP contribution in [-0.2, 0) is 14.8 Å². The van der Waals surface area contributed by atoms with E-state index in [9.17, 15) is 18.0 Å². The maximum atomic E-state index is 12.4. The van der Waals surface area contributed by atoms with Gasteiger partial charge in [0.1, 0.15) is 0 Å². The lowest BCUT2D eigenvalue weighted by Gasteiger charge is -2.16. The van der Waals surface area contributed by atoms with Crippen molar-refractivity contribution in [2.24, 2.45) is 5.92 Å². The van der Waals surface area contributed by atoms with Crippen LogP contribution in [0.4, 0.5) is 17.1 Å². The summed E-state index contributed by atoms with van der Waals surface area (Å²) in [4.78, 5) is 26.5. The Bertz CT molecular complexity index is 967. The molecule has 7 nitrogen and oxygen atoms in total. The second-order valence-electron chi connectivity index (χ2n) is 6.72. The first kappa shape index (κ1) is 18.9. The number of carbonyl (C=O) groups is 2. The largest absolute Gasteiger partial charge is 0.378 e. The average molecular weight is 387 g/mol. The van der Waals surface area contributed by atoms with E-state index in [2.05, 4.69) is 5.32 Å². The molecule has 1 atom stereocenters. The van der Waals surface area contributed by atoms with Gasteiger partial charge in [-0.3, -0.25) is 9.59 Å². The predicted molar refractivity (Wildman–Crippen MR) is 106 cm³/mol. The lowest BCUT2D eigenvalue weighted by molar-refractivity contribution is -0.119. The van der Waals surface area contributed by atoms with Crippen LogP contribution in [0.5, 0.6) is 0 Å². The second kappa shape index (κ2) is 7.03. The summed E-state index contributed by atoms with van der Waals surface area (Å²) in [5.41, 5.74) is 2.28. The fourth-order valence-electron chi connectivity index (χ4n) is 2.88. The third kappa shape index (κ3) is 3.80. The Morgan fingerprint density at radius 3 is 2.15 bits per heavy atom. The van der Waals surface area contributed by atoms with E-state index < -0.39 is 21.8 Å². The molecule has 27 heavy (non-hydrogen) atoms. The van der Waals surface area contributed by atoms with Gasteiger partial charge in [-0.25, -0.2) is 12.7 Å². The van der Waals surface area contributed by atoms with Crippen LogP contribution in [0.25, 0.3) is 0 Å². The Balaban J connectivity index is 1.75. The van der Waals surface area contributed by atoms with Gasteiger partial charge >= 0.3 is 0 Å². The number of hydrogen-bond acceptors (Lipinski definition) is 5. The number of nitrogens with zero attached hydrogens (tertiary/aromatic N) is 2. The minimum absolute atomic E-state index is 0.197. The van der Waals surface area contributed by atoms with Gasteiger partial charge in [-0.05, 0) is 48.5 Å². The van der Waals surface area contributed by atoms with Crippen LogP contribution in [0.2, 0.25) is 0 Å². The Morgan fingerprint density at radius 2 is 1.67 bits per heavy atom. The average Bonchev–Trinajstić information content (AvgIpc) is 2.82. The maximum absolute atomic E-state index is 12.4. The molecule has 1 heterocycles. The summed E-state index contributed by atoms with van der Waals surface area (Å²) in [7, 11) is 0.211. The molecule has 2 aromatic carbocycles. The molecule has 1 fully saturated rings. The molecule has 8 heteroatoms. The lowest BCUT2D eigenvalue weighted by atomic mass is 10.1. The summed E-state index contributed by atoms with van der Waals surface area (Å²) in [5, 5.41) is 2.79. The van der Waals surface area contributed by atoms with E-state index in [1.807, 2.05) is 31.1 Å². The number of sulfonamides is 1. The number of amides is 2. The molecular weight excluding hydrogens is 366 g/mol. The zero-order valence-electron chi connectivity index (χ0n) is 15.3. The molecule has 0 radical (unpaired) electrons. The topological polar surface area (TPSA) is 86.8 Å². The highest BCUT2D eigenvalue weighted by atomic mass is 32.2. The fourth-order valence-corrected chi connectivity index (χ4v) is 4.70. The summed E-state index contributed by atoms with van der Waals surface area (Å²) >= 11 is 0. The van der Waals surface area contributed by atoms with Crippen LogP contribution in [0.3, 0.4) is 0 Å². The SMILES string of the molecule is CC1CS(=O)(=O)N(c2ccc(C(=O)Nc3ccc(N(C)C)cc3)cc2)C1=O. The molecule has 1 aliphatic heterocycles. The molecule has 1 unspecified atom stereocenters. The van der Waals surface area contributed by atoms with E-state index in [-0.39, 0.29) is 17.3 Å². The Kier molecular flexibility index (Phi) is 4.93. The summed E-state index contributed by atoms with van der Waals surface area (Å²) in [6.45, 7) is 1.59. The Morgan fingerprint density at radius 1 is 1.07 bits per heavy atom. The quantitative estimate of drug-likeness (QED) is 0.870. The first-order valence-corrected chi connectivity index (χ1v) is 10.1. The molecular formula is C19H21N3O4S. The molecule has 0 aromatic heterocycles. The molecule has 2 amide bonds. The number of rotatable bonds is 4. The molecule has 2 aromatic rings. The van der Waals surface area contributed by atoms with E-state index >= 15 is 0 Å². The first-order valence-electron chi connectivity index (χ1n) is 8.45. The van der Waals surface area contributed by atoms with Crippen molar-refractivity contribution in [2.75, 3.05) is 34.4 Å². The first-order chi connectivity index (χ1) is 12.7. The highest BCUT2D eigenvalue weighted by Crippen LogP contribution is 2.28. The summed E-state index contributed by atoms with van der Waals surface area (Å²) in [6.07, 6.45) is 0. The van der Waals surface area contributed by atoms with Gasteiger partial charge in [0.2, 0.25) is 15.9 Å². The van der Waals surface area contributed by atoms with Gasteiger partial charge in [-0.1, -0.05) is 6.92 Å². The molecule has 0 spiro atoms. The molecule has 1 aliphatic rings. The third-order valence-corrected chi connectivity index (χ3v) is 6.23.